The number of carbonyl (C=O) groups excluding carboxylic acids is 2. The van der Waals surface area contributed by atoms with E-state index in [2.05, 4.69) is 10.6 Å². The third-order valence-corrected chi connectivity index (χ3v) is 5.03. The second-order valence-corrected chi connectivity index (χ2v) is 7.21. The molecule has 7 N–H and O–H groups in total. The number of hydrogen-bond acceptors (Lipinski definition) is 11. The lowest BCUT2D eigenvalue weighted by molar-refractivity contribution is -0.329. The van der Waals surface area contributed by atoms with Gasteiger partial charge in [0.2, 0.25) is 11.8 Å². The monoisotopic (exact) mass is 438 g/mol. The summed E-state index contributed by atoms with van der Waals surface area (Å²) >= 11 is 0. The Bertz CT molecular complexity index is 594. The average Bonchev–Trinajstić information content (AvgIpc) is 2.68. The summed E-state index contributed by atoms with van der Waals surface area (Å²) in [6, 6.07) is -2.43. The van der Waals surface area contributed by atoms with E-state index in [1.165, 1.54) is 21.0 Å². The van der Waals surface area contributed by atoms with Gasteiger partial charge >= 0.3 is 0 Å². The minimum atomic E-state index is -1.62. The molecule has 0 aromatic carbocycles. The summed E-state index contributed by atoms with van der Waals surface area (Å²) in [6.07, 6.45) is -10.4. The molecular weight excluding hydrogens is 408 g/mol. The molecule has 0 bridgehead atoms. The second kappa shape index (κ2) is 10.7. The Morgan fingerprint density at radius 1 is 0.867 bits per heavy atom. The van der Waals surface area contributed by atoms with Crippen LogP contribution in [0.3, 0.4) is 0 Å². The summed E-state index contributed by atoms with van der Waals surface area (Å²) in [7, 11) is 1.30. The van der Waals surface area contributed by atoms with Crippen LogP contribution in [0, 0.1) is 0 Å². The molecular formula is C17H30N2O11. The van der Waals surface area contributed by atoms with Crippen molar-refractivity contribution < 1.29 is 54.1 Å². The van der Waals surface area contributed by atoms with Gasteiger partial charge in [-0.25, -0.2) is 0 Å². The van der Waals surface area contributed by atoms with E-state index in [4.69, 9.17) is 18.9 Å². The third-order valence-electron chi connectivity index (χ3n) is 5.03. The highest BCUT2D eigenvalue weighted by molar-refractivity contribution is 5.73. The van der Waals surface area contributed by atoms with Crippen LogP contribution >= 0.6 is 0 Å². The van der Waals surface area contributed by atoms with Gasteiger partial charge in [-0.1, -0.05) is 0 Å². The standard InChI is InChI=1S/C17H30N2O11/c1-6(22)18-10-12(24)15(9(5-21)28-16(10)26)30-17-11(19-7(2)23)13(25)14(27-3)8(4-20)29-17/h8-17,20-21,24-26H,4-5H2,1-3H3,(H,18,22)(H,19,23). The molecule has 30 heavy (non-hydrogen) atoms. The molecule has 10 unspecified atom stereocenters. The van der Waals surface area contributed by atoms with Gasteiger partial charge in [0.15, 0.2) is 12.6 Å². The number of ether oxygens (including phenoxy) is 4. The van der Waals surface area contributed by atoms with Gasteiger partial charge in [0, 0.05) is 21.0 Å². The Morgan fingerprint density at radius 3 is 1.87 bits per heavy atom. The maximum atomic E-state index is 11.6. The molecule has 0 aliphatic carbocycles. The first-order valence-corrected chi connectivity index (χ1v) is 9.43. The van der Waals surface area contributed by atoms with Gasteiger partial charge < -0.3 is 55.1 Å². The molecule has 10 atom stereocenters. The van der Waals surface area contributed by atoms with Crippen molar-refractivity contribution >= 4 is 11.8 Å². The van der Waals surface area contributed by atoms with Crippen LogP contribution in [-0.2, 0) is 28.5 Å². The van der Waals surface area contributed by atoms with E-state index in [1.807, 2.05) is 0 Å². The lowest BCUT2D eigenvalue weighted by Gasteiger charge is -2.47. The molecule has 2 saturated heterocycles. The van der Waals surface area contributed by atoms with Crippen molar-refractivity contribution in [1.29, 1.82) is 0 Å². The number of aliphatic hydroxyl groups excluding tert-OH is 5. The van der Waals surface area contributed by atoms with Gasteiger partial charge in [0.25, 0.3) is 0 Å². The lowest BCUT2D eigenvalue weighted by Crippen LogP contribution is -2.69. The smallest absolute Gasteiger partial charge is 0.217 e. The number of nitrogens with one attached hydrogen (secondary N) is 2. The van der Waals surface area contributed by atoms with Crippen LogP contribution in [0.15, 0.2) is 0 Å². The molecule has 0 aromatic rings. The molecule has 0 radical (unpaired) electrons. The topological polar surface area (TPSA) is 196 Å². The number of hydrogen-bond donors (Lipinski definition) is 7. The normalized spacial score (nSPS) is 41.9. The zero-order valence-electron chi connectivity index (χ0n) is 16.9. The third kappa shape index (κ3) is 5.43. The molecule has 2 rings (SSSR count). The first-order valence-electron chi connectivity index (χ1n) is 9.43. The van der Waals surface area contributed by atoms with Crippen molar-refractivity contribution in [3.8, 4) is 0 Å². The van der Waals surface area contributed by atoms with Crippen LogP contribution in [0.4, 0.5) is 0 Å². The second-order valence-electron chi connectivity index (χ2n) is 7.21. The van der Waals surface area contributed by atoms with E-state index in [0.717, 1.165) is 0 Å². The number of carbonyl (C=O) groups is 2. The molecule has 0 spiro atoms. The average molecular weight is 438 g/mol. The summed E-state index contributed by atoms with van der Waals surface area (Å²) in [5, 5.41) is 55.3. The van der Waals surface area contributed by atoms with Gasteiger partial charge in [-0.3, -0.25) is 9.59 Å². The largest absolute Gasteiger partial charge is 0.394 e. The Labute approximate surface area is 172 Å². The minimum Gasteiger partial charge on any atom is -0.394 e. The highest BCUT2D eigenvalue weighted by atomic mass is 16.7. The van der Waals surface area contributed by atoms with Crippen molar-refractivity contribution in [2.45, 2.75) is 75.1 Å². The molecule has 2 aliphatic heterocycles. The first kappa shape index (κ1) is 24.8. The van der Waals surface area contributed by atoms with Crippen LogP contribution in [-0.4, -0.2) is 119 Å². The van der Waals surface area contributed by atoms with E-state index in [9.17, 15) is 35.1 Å². The molecule has 0 saturated carbocycles. The fourth-order valence-corrected chi connectivity index (χ4v) is 3.66. The summed E-state index contributed by atoms with van der Waals surface area (Å²) in [6.45, 7) is 1.19. The summed E-state index contributed by atoms with van der Waals surface area (Å²) in [5.41, 5.74) is 0. The fourth-order valence-electron chi connectivity index (χ4n) is 3.66. The van der Waals surface area contributed by atoms with Crippen molar-refractivity contribution in [3.05, 3.63) is 0 Å². The first-order chi connectivity index (χ1) is 14.1. The van der Waals surface area contributed by atoms with Gasteiger partial charge in [-0.15, -0.1) is 0 Å². The predicted molar refractivity (Wildman–Crippen MR) is 96.6 cm³/mol. The SMILES string of the molecule is COC1C(CO)OC(OC2C(CO)OC(O)C(NC(C)=O)C2O)C(NC(C)=O)C1O. The Morgan fingerprint density at radius 2 is 1.37 bits per heavy atom. The highest BCUT2D eigenvalue weighted by Crippen LogP contribution is 2.29. The molecule has 2 heterocycles. The van der Waals surface area contributed by atoms with Crippen LogP contribution in [0.1, 0.15) is 13.8 Å². The predicted octanol–water partition coefficient (Wildman–Crippen LogP) is -4.46. The Kier molecular flexibility index (Phi) is 8.90. The molecule has 13 nitrogen and oxygen atoms in total. The molecule has 2 fully saturated rings. The van der Waals surface area contributed by atoms with Crippen LogP contribution in [0.2, 0.25) is 0 Å². The maximum Gasteiger partial charge on any atom is 0.217 e. The van der Waals surface area contributed by atoms with E-state index in [0.29, 0.717) is 0 Å². The number of methoxy groups -OCH3 is 1. The zero-order chi connectivity index (χ0) is 22.6. The number of aliphatic hydroxyl groups is 5. The van der Waals surface area contributed by atoms with E-state index < -0.39 is 86.3 Å². The van der Waals surface area contributed by atoms with Gasteiger partial charge in [-0.2, -0.15) is 0 Å². The summed E-state index contributed by atoms with van der Waals surface area (Å²) < 4.78 is 21.8. The molecule has 0 aromatic heterocycles. The van der Waals surface area contributed by atoms with Crippen LogP contribution < -0.4 is 10.6 Å². The van der Waals surface area contributed by atoms with Crippen molar-refractivity contribution in [2.75, 3.05) is 20.3 Å². The molecule has 2 amide bonds. The summed E-state index contributed by atoms with van der Waals surface area (Å²) in [4.78, 5) is 23.0. The zero-order valence-corrected chi connectivity index (χ0v) is 16.9. The molecule has 13 heteroatoms. The van der Waals surface area contributed by atoms with Crippen molar-refractivity contribution in [1.82, 2.24) is 10.6 Å². The van der Waals surface area contributed by atoms with E-state index in [-0.39, 0.29) is 0 Å². The Hall–Kier alpha value is -1.42. The van der Waals surface area contributed by atoms with E-state index in [1.54, 1.807) is 0 Å². The summed E-state index contributed by atoms with van der Waals surface area (Å²) in [5.74, 6) is -1.06. The lowest BCUT2D eigenvalue weighted by atomic mass is 9.94. The van der Waals surface area contributed by atoms with Gasteiger partial charge in [0.1, 0.15) is 48.7 Å². The fraction of sp³-hybridized carbons (Fsp3) is 0.882. The van der Waals surface area contributed by atoms with Gasteiger partial charge in [-0.05, 0) is 0 Å². The quantitative estimate of drug-likeness (QED) is 0.202. The minimum absolute atomic E-state index is 0.515. The van der Waals surface area contributed by atoms with Gasteiger partial charge in [0.05, 0.1) is 13.2 Å². The number of rotatable bonds is 7. The molecule has 2 aliphatic rings. The Balaban J connectivity index is 2.28. The number of amides is 2. The van der Waals surface area contributed by atoms with Crippen LogP contribution in [0.25, 0.3) is 0 Å². The van der Waals surface area contributed by atoms with Crippen molar-refractivity contribution in [3.63, 3.8) is 0 Å². The van der Waals surface area contributed by atoms with Crippen molar-refractivity contribution in [2.24, 2.45) is 0 Å². The van der Waals surface area contributed by atoms with E-state index >= 15 is 0 Å². The maximum absolute atomic E-state index is 11.6. The van der Waals surface area contributed by atoms with Crippen LogP contribution in [0.5, 0.6) is 0 Å². The highest BCUT2D eigenvalue weighted by Gasteiger charge is 2.51. The molecule has 174 valence electrons.